The molecule has 4 aromatic rings. The van der Waals surface area contributed by atoms with E-state index in [-0.39, 0.29) is 27.2 Å². The number of para-hydroxylation sites is 1. The zero-order chi connectivity index (χ0) is 31.5. The number of rotatable bonds is 5. The van der Waals surface area contributed by atoms with Crippen LogP contribution in [0.25, 0.3) is 5.69 Å². The Kier molecular flexibility index (Phi) is 7.87. The Morgan fingerprint density at radius 3 is 2.52 bits per heavy atom. The highest BCUT2D eigenvalue weighted by Gasteiger charge is 2.37. The number of fused-ring (bicyclic) bond motifs is 3. The first-order chi connectivity index (χ1) is 20.9. The molecule has 3 heterocycles. The van der Waals surface area contributed by atoms with Crippen LogP contribution in [0.4, 0.5) is 21.5 Å². The lowest BCUT2D eigenvalue weighted by Gasteiger charge is -2.46. The van der Waals surface area contributed by atoms with Crippen molar-refractivity contribution in [3.63, 3.8) is 0 Å². The summed E-state index contributed by atoms with van der Waals surface area (Å²) in [6.45, 7) is 2.77. The summed E-state index contributed by atoms with van der Waals surface area (Å²) in [5.74, 6) is -1.05. The molecule has 44 heavy (non-hydrogen) atoms. The minimum absolute atomic E-state index is 0.0254. The lowest BCUT2D eigenvalue weighted by molar-refractivity contribution is 0.0982. The molecule has 1 atom stereocenters. The van der Waals surface area contributed by atoms with Crippen LogP contribution < -0.4 is 19.7 Å². The Hall–Kier alpha value is -3.61. The summed E-state index contributed by atoms with van der Waals surface area (Å²) in [6.07, 6.45) is 2.87. The summed E-state index contributed by atoms with van der Waals surface area (Å²) in [7, 11) is -1.33. The van der Waals surface area contributed by atoms with Crippen LogP contribution >= 0.6 is 27.5 Å². The first-order valence-corrected chi connectivity index (χ1v) is 16.7. The summed E-state index contributed by atoms with van der Waals surface area (Å²) in [5.41, 5.74) is 1.58. The smallest absolute Gasteiger partial charge is 0.296 e. The van der Waals surface area contributed by atoms with Crippen molar-refractivity contribution in [2.45, 2.75) is 37.1 Å². The molecule has 1 saturated heterocycles. The van der Waals surface area contributed by atoms with Gasteiger partial charge < -0.3 is 9.80 Å². The Bertz CT molecular complexity index is 1960. The maximum absolute atomic E-state index is 14.8. The third-order valence-electron chi connectivity index (χ3n) is 8.55. The van der Waals surface area contributed by atoms with Crippen molar-refractivity contribution in [3.8, 4) is 5.69 Å². The molecule has 2 aliphatic rings. The number of amides is 1. The molecule has 0 spiro atoms. The van der Waals surface area contributed by atoms with Crippen molar-refractivity contribution in [2.75, 3.05) is 34.2 Å². The van der Waals surface area contributed by atoms with Crippen molar-refractivity contribution in [1.29, 1.82) is 0 Å². The molecule has 230 valence electrons. The van der Waals surface area contributed by atoms with Crippen molar-refractivity contribution in [2.24, 2.45) is 7.05 Å². The van der Waals surface area contributed by atoms with E-state index in [1.54, 1.807) is 49.0 Å². The van der Waals surface area contributed by atoms with Crippen molar-refractivity contribution >= 4 is 60.5 Å². The van der Waals surface area contributed by atoms with Gasteiger partial charge in [0, 0.05) is 39.3 Å². The molecule has 2 aliphatic heterocycles. The van der Waals surface area contributed by atoms with Crippen molar-refractivity contribution in [1.82, 2.24) is 9.36 Å². The standard InChI is InChI=1S/C31H30BrClFN5O4S/c1-19-29(31(41)39(35(19)2)20-9-5-4-6-10-20)36(3)44(42,43)22-12-13-25(33)23(15-22)30(40)38-18-21-11-7-8-14-37(21)27-16-24(32)26(34)17-28(27)38/h4-6,9-10,12-13,15-17,21H,7-8,11,14,18H2,1-3H3. The summed E-state index contributed by atoms with van der Waals surface area (Å²) in [4.78, 5) is 31.2. The lowest BCUT2D eigenvalue weighted by Crippen LogP contribution is -2.53. The number of carbonyl (C=O) groups is 1. The molecule has 1 fully saturated rings. The number of hydrogen-bond acceptors (Lipinski definition) is 5. The van der Waals surface area contributed by atoms with Crippen LogP contribution in [0.15, 0.2) is 74.8 Å². The Balaban J connectivity index is 1.40. The van der Waals surface area contributed by atoms with Gasteiger partial charge in [0.05, 0.1) is 42.7 Å². The van der Waals surface area contributed by atoms with E-state index in [0.717, 1.165) is 35.8 Å². The Morgan fingerprint density at radius 1 is 1.07 bits per heavy atom. The maximum atomic E-state index is 14.8. The van der Waals surface area contributed by atoms with Gasteiger partial charge in [-0.05, 0) is 78.5 Å². The SMILES string of the molecule is Cc1c(N(C)S(=O)(=O)c2ccc(Cl)c(C(=O)N3CC4CCCCN4c4cc(Br)c(F)cc43)c2)c(=O)n(-c2ccccc2)n1C. The van der Waals surface area contributed by atoms with Gasteiger partial charge in [-0.3, -0.25) is 18.6 Å². The topological polar surface area (TPSA) is 87.9 Å². The quantitative estimate of drug-likeness (QED) is 0.259. The molecule has 13 heteroatoms. The van der Waals surface area contributed by atoms with E-state index in [1.165, 1.54) is 40.9 Å². The van der Waals surface area contributed by atoms with E-state index in [0.29, 0.717) is 28.1 Å². The van der Waals surface area contributed by atoms with E-state index < -0.39 is 27.3 Å². The largest absolute Gasteiger partial charge is 0.365 e. The maximum Gasteiger partial charge on any atom is 0.296 e. The average Bonchev–Trinajstić information content (AvgIpc) is 3.24. The Morgan fingerprint density at radius 2 is 1.80 bits per heavy atom. The predicted molar refractivity (Wildman–Crippen MR) is 174 cm³/mol. The van der Waals surface area contributed by atoms with Gasteiger partial charge in [-0.15, -0.1) is 0 Å². The van der Waals surface area contributed by atoms with Crippen LogP contribution in [0.3, 0.4) is 0 Å². The fraction of sp³-hybridized carbons (Fsp3) is 0.290. The summed E-state index contributed by atoms with van der Waals surface area (Å²) in [5, 5.41) is 0.0594. The van der Waals surface area contributed by atoms with Crippen LogP contribution in [0.1, 0.15) is 35.3 Å². The Labute approximate surface area is 268 Å². The number of benzene rings is 3. The van der Waals surface area contributed by atoms with Gasteiger partial charge in [0.1, 0.15) is 11.5 Å². The first kappa shape index (κ1) is 30.4. The monoisotopic (exact) mass is 701 g/mol. The highest BCUT2D eigenvalue weighted by atomic mass is 79.9. The van der Waals surface area contributed by atoms with E-state index >= 15 is 0 Å². The number of sulfonamides is 1. The second kappa shape index (κ2) is 11.4. The zero-order valence-electron chi connectivity index (χ0n) is 24.3. The highest BCUT2D eigenvalue weighted by molar-refractivity contribution is 9.10. The van der Waals surface area contributed by atoms with Crippen LogP contribution in [-0.4, -0.2) is 49.9 Å². The summed E-state index contributed by atoms with van der Waals surface area (Å²) in [6, 6.07) is 15.8. The second-order valence-electron chi connectivity index (χ2n) is 11.0. The van der Waals surface area contributed by atoms with Gasteiger partial charge in [-0.25, -0.2) is 17.5 Å². The third-order valence-corrected chi connectivity index (χ3v) is 11.2. The van der Waals surface area contributed by atoms with Crippen LogP contribution in [0, 0.1) is 12.7 Å². The fourth-order valence-electron chi connectivity index (χ4n) is 6.15. The third kappa shape index (κ3) is 4.93. The number of nitrogens with zero attached hydrogens (tertiary/aromatic N) is 5. The van der Waals surface area contributed by atoms with E-state index in [1.807, 2.05) is 6.07 Å². The average molecular weight is 703 g/mol. The number of hydrogen-bond donors (Lipinski definition) is 0. The molecule has 9 nitrogen and oxygen atoms in total. The molecule has 6 rings (SSSR count). The van der Waals surface area contributed by atoms with Crippen LogP contribution in [0.2, 0.25) is 5.02 Å². The number of halogens is 3. The molecule has 0 aliphatic carbocycles. The first-order valence-electron chi connectivity index (χ1n) is 14.1. The van der Waals surface area contributed by atoms with Gasteiger partial charge >= 0.3 is 0 Å². The summed E-state index contributed by atoms with van der Waals surface area (Å²) >= 11 is 9.79. The second-order valence-corrected chi connectivity index (χ2v) is 14.3. The van der Waals surface area contributed by atoms with Crippen LogP contribution in [-0.2, 0) is 17.1 Å². The molecule has 3 aromatic carbocycles. The number of anilines is 3. The molecule has 1 amide bonds. The molecule has 1 unspecified atom stereocenters. The minimum Gasteiger partial charge on any atom is -0.365 e. The van der Waals surface area contributed by atoms with E-state index in [2.05, 4.69) is 20.8 Å². The van der Waals surface area contributed by atoms with Gasteiger partial charge in [-0.1, -0.05) is 29.8 Å². The fourth-order valence-corrected chi connectivity index (χ4v) is 7.95. The zero-order valence-corrected chi connectivity index (χ0v) is 27.5. The van der Waals surface area contributed by atoms with Gasteiger partial charge in [0.2, 0.25) is 0 Å². The van der Waals surface area contributed by atoms with Crippen LogP contribution in [0.5, 0.6) is 0 Å². The van der Waals surface area contributed by atoms with Crippen molar-refractivity contribution in [3.05, 3.63) is 97.6 Å². The molecule has 0 bridgehead atoms. The van der Waals surface area contributed by atoms with Gasteiger partial charge in [0.25, 0.3) is 21.5 Å². The van der Waals surface area contributed by atoms with E-state index in [9.17, 15) is 22.4 Å². The van der Waals surface area contributed by atoms with Gasteiger partial charge in [-0.2, -0.15) is 0 Å². The minimum atomic E-state index is -4.32. The molecule has 1 aromatic heterocycles. The predicted octanol–water partition coefficient (Wildman–Crippen LogP) is 5.88. The molecule has 0 N–H and O–H groups in total. The molecular weight excluding hydrogens is 673 g/mol. The normalized spacial score (nSPS) is 16.5. The van der Waals surface area contributed by atoms with E-state index in [4.69, 9.17) is 11.6 Å². The number of carbonyl (C=O) groups excluding carboxylic acids is 1. The number of piperidine rings is 1. The summed E-state index contributed by atoms with van der Waals surface area (Å²) < 4.78 is 46.9. The van der Waals surface area contributed by atoms with Crippen molar-refractivity contribution < 1.29 is 17.6 Å². The number of aromatic nitrogens is 2. The highest BCUT2D eigenvalue weighted by Crippen LogP contribution is 2.42. The molecule has 0 radical (unpaired) electrons. The lowest BCUT2D eigenvalue weighted by atomic mass is 9.96. The van der Waals surface area contributed by atoms with Gasteiger partial charge in [0.15, 0.2) is 0 Å². The molecular formula is C31H30BrClFN5O4S. The molecule has 0 saturated carbocycles.